The third kappa shape index (κ3) is 4.13. The van der Waals surface area contributed by atoms with Gasteiger partial charge in [0.15, 0.2) is 0 Å². The first kappa shape index (κ1) is 29.3. The predicted octanol–water partition coefficient (Wildman–Crippen LogP) is 12.8. The van der Waals surface area contributed by atoms with E-state index in [0.717, 1.165) is 39.5 Å². The molecule has 0 amide bonds. The lowest BCUT2D eigenvalue weighted by molar-refractivity contribution is 1.18. The molecule has 0 atom stereocenters. The molecule has 54 heavy (non-hydrogen) atoms. The van der Waals surface area contributed by atoms with Gasteiger partial charge in [-0.2, -0.15) is 0 Å². The Hall–Kier alpha value is -7.30. The standard InChI is InChI=1S/C50H30N4/c1-3-12-35(13-4-1)53-44-19-8-7-16-37(44)40-27-31(20-23-45(40)53)32-21-24-46-41(28-32)42-29-33(22-25-47(42)54(46)36-14-5-2-6-15-36)43-30-34-11-9-17-38-48(34)50(52-43)39-18-10-26-51-49(38)39/h1-30H. The number of hydrogen-bond donors (Lipinski definition) is 0. The van der Waals surface area contributed by atoms with Gasteiger partial charge in [-0.15, -0.1) is 0 Å². The van der Waals surface area contributed by atoms with Crippen molar-refractivity contribution in [1.82, 2.24) is 19.1 Å². The van der Waals surface area contributed by atoms with Crippen LogP contribution in [0, 0.1) is 0 Å². The summed E-state index contributed by atoms with van der Waals surface area (Å²) >= 11 is 0. The summed E-state index contributed by atoms with van der Waals surface area (Å²) in [4.78, 5) is 10.1. The van der Waals surface area contributed by atoms with Crippen molar-refractivity contribution in [2.24, 2.45) is 0 Å². The molecule has 0 N–H and O–H groups in total. The van der Waals surface area contributed by atoms with E-state index in [1.54, 1.807) is 0 Å². The Bertz CT molecular complexity index is 3320. The molecule has 0 spiro atoms. The van der Waals surface area contributed by atoms with Crippen molar-refractivity contribution < 1.29 is 0 Å². The molecule has 250 valence electrons. The van der Waals surface area contributed by atoms with Crippen LogP contribution >= 0.6 is 0 Å². The fourth-order valence-electron chi connectivity index (χ4n) is 8.89. The van der Waals surface area contributed by atoms with Crippen LogP contribution in [0.15, 0.2) is 182 Å². The van der Waals surface area contributed by atoms with Gasteiger partial charge in [0, 0.05) is 61.2 Å². The molecule has 4 heteroatoms. The van der Waals surface area contributed by atoms with Gasteiger partial charge in [-0.3, -0.25) is 4.98 Å². The first-order valence-corrected chi connectivity index (χ1v) is 18.4. The highest BCUT2D eigenvalue weighted by molar-refractivity contribution is 6.15. The van der Waals surface area contributed by atoms with E-state index < -0.39 is 0 Å². The van der Waals surface area contributed by atoms with Crippen LogP contribution in [0.1, 0.15) is 0 Å². The predicted molar refractivity (Wildman–Crippen MR) is 224 cm³/mol. The number of para-hydroxylation sites is 3. The second kappa shape index (κ2) is 11.1. The van der Waals surface area contributed by atoms with E-state index in [-0.39, 0.29) is 0 Å². The number of pyridine rings is 2. The lowest BCUT2D eigenvalue weighted by atomic mass is 9.99. The second-order valence-corrected chi connectivity index (χ2v) is 14.2. The number of aromatic nitrogens is 4. The quantitative estimate of drug-likeness (QED) is 0.185. The molecule has 0 saturated carbocycles. The van der Waals surface area contributed by atoms with Gasteiger partial charge in [0.05, 0.1) is 39.1 Å². The van der Waals surface area contributed by atoms with E-state index in [2.05, 4.69) is 179 Å². The molecule has 1 aliphatic carbocycles. The maximum Gasteiger partial charge on any atom is 0.0816 e. The zero-order chi connectivity index (χ0) is 35.3. The summed E-state index contributed by atoms with van der Waals surface area (Å²) in [6, 6.07) is 63.6. The Kier molecular flexibility index (Phi) is 6.02. The molecule has 11 aromatic rings. The SMILES string of the molecule is c1ccc(-n2c3ccccc3c3cc(-c4ccc5c(c4)c4cc(-c6cc7cccc8c7c(n6)-c6cccnc6-8)ccc4n5-c4ccccc4)ccc32)cc1. The summed E-state index contributed by atoms with van der Waals surface area (Å²) in [5, 5.41) is 7.28. The van der Waals surface area contributed by atoms with Gasteiger partial charge < -0.3 is 9.13 Å². The van der Waals surface area contributed by atoms with Crippen molar-refractivity contribution in [2.75, 3.05) is 0 Å². The number of rotatable bonds is 4. The molecule has 0 aliphatic heterocycles. The number of fused-ring (bicyclic) bond motifs is 9. The van der Waals surface area contributed by atoms with Gasteiger partial charge in [0.1, 0.15) is 0 Å². The van der Waals surface area contributed by atoms with Gasteiger partial charge in [0.25, 0.3) is 0 Å². The summed E-state index contributed by atoms with van der Waals surface area (Å²) in [7, 11) is 0. The van der Waals surface area contributed by atoms with Crippen molar-refractivity contribution in [3.8, 4) is 56.3 Å². The molecule has 0 unspecified atom stereocenters. The van der Waals surface area contributed by atoms with Gasteiger partial charge in [-0.25, -0.2) is 4.98 Å². The first-order chi connectivity index (χ1) is 26.8. The van der Waals surface area contributed by atoms with Crippen LogP contribution in [0.2, 0.25) is 0 Å². The highest BCUT2D eigenvalue weighted by atomic mass is 15.0. The molecule has 0 bridgehead atoms. The Morgan fingerprint density at radius 2 is 0.926 bits per heavy atom. The molecule has 0 saturated heterocycles. The highest BCUT2D eigenvalue weighted by Gasteiger charge is 2.25. The van der Waals surface area contributed by atoms with Gasteiger partial charge in [-0.05, 0) is 101 Å². The normalized spacial score (nSPS) is 12.1. The molecule has 12 rings (SSSR count). The van der Waals surface area contributed by atoms with E-state index in [9.17, 15) is 0 Å². The Morgan fingerprint density at radius 1 is 0.370 bits per heavy atom. The minimum atomic E-state index is 0.963. The molecule has 1 aliphatic rings. The maximum atomic E-state index is 5.33. The monoisotopic (exact) mass is 686 g/mol. The maximum absolute atomic E-state index is 5.33. The molecular formula is C50H30N4. The van der Waals surface area contributed by atoms with Crippen LogP contribution in [0.3, 0.4) is 0 Å². The average molecular weight is 687 g/mol. The van der Waals surface area contributed by atoms with Crippen molar-refractivity contribution in [3.05, 3.63) is 182 Å². The van der Waals surface area contributed by atoms with E-state index in [0.29, 0.717) is 0 Å². The van der Waals surface area contributed by atoms with Crippen molar-refractivity contribution in [2.45, 2.75) is 0 Å². The van der Waals surface area contributed by atoms with Crippen LogP contribution in [0.4, 0.5) is 0 Å². The lowest BCUT2D eigenvalue weighted by Gasteiger charge is -2.09. The van der Waals surface area contributed by atoms with E-state index in [1.807, 2.05) is 12.3 Å². The largest absolute Gasteiger partial charge is 0.309 e. The first-order valence-electron chi connectivity index (χ1n) is 18.4. The zero-order valence-corrected chi connectivity index (χ0v) is 29.1. The van der Waals surface area contributed by atoms with Crippen molar-refractivity contribution in [1.29, 1.82) is 0 Å². The molecule has 0 fully saturated rings. The summed E-state index contributed by atoms with van der Waals surface area (Å²) in [6.45, 7) is 0. The topological polar surface area (TPSA) is 35.6 Å². The third-order valence-electron chi connectivity index (χ3n) is 11.3. The Morgan fingerprint density at radius 3 is 1.61 bits per heavy atom. The fourth-order valence-corrected chi connectivity index (χ4v) is 8.89. The summed E-state index contributed by atoms with van der Waals surface area (Å²) < 4.78 is 4.76. The summed E-state index contributed by atoms with van der Waals surface area (Å²) in [5.74, 6) is 0. The molecular weight excluding hydrogens is 657 g/mol. The summed E-state index contributed by atoms with van der Waals surface area (Å²) in [6.07, 6.45) is 1.87. The second-order valence-electron chi connectivity index (χ2n) is 14.2. The lowest BCUT2D eigenvalue weighted by Crippen LogP contribution is -1.93. The van der Waals surface area contributed by atoms with E-state index >= 15 is 0 Å². The highest BCUT2D eigenvalue weighted by Crippen LogP contribution is 2.46. The molecule has 4 nitrogen and oxygen atoms in total. The molecule has 0 radical (unpaired) electrons. The molecule has 4 heterocycles. The zero-order valence-electron chi connectivity index (χ0n) is 29.1. The van der Waals surface area contributed by atoms with Crippen molar-refractivity contribution in [3.63, 3.8) is 0 Å². The van der Waals surface area contributed by atoms with Gasteiger partial charge in [0.2, 0.25) is 0 Å². The smallest absolute Gasteiger partial charge is 0.0816 e. The fraction of sp³-hybridized carbons (Fsp3) is 0. The van der Waals surface area contributed by atoms with Crippen LogP contribution in [-0.2, 0) is 0 Å². The number of nitrogens with zero attached hydrogens (tertiary/aromatic N) is 4. The minimum absolute atomic E-state index is 0.963. The van der Waals surface area contributed by atoms with E-state index in [1.165, 1.54) is 71.2 Å². The average Bonchev–Trinajstić information content (AvgIpc) is 3.87. The summed E-state index contributed by atoms with van der Waals surface area (Å²) in [5.41, 5.74) is 15.8. The Labute approximate surface area is 310 Å². The number of benzene rings is 7. The van der Waals surface area contributed by atoms with Gasteiger partial charge in [-0.1, -0.05) is 91.0 Å². The van der Waals surface area contributed by atoms with Crippen LogP contribution in [0.25, 0.3) is 111 Å². The molecule has 7 aromatic carbocycles. The number of hydrogen-bond acceptors (Lipinski definition) is 2. The minimum Gasteiger partial charge on any atom is -0.309 e. The van der Waals surface area contributed by atoms with Crippen LogP contribution in [-0.4, -0.2) is 19.1 Å². The molecule has 4 aromatic heterocycles. The Balaban J connectivity index is 1.07. The van der Waals surface area contributed by atoms with Gasteiger partial charge >= 0.3 is 0 Å². The van der Waals surface area contributed by atoms with E-state index in [4.69, 9.17) is 9.97 Å². The van der Waals surface area contributed by atoms with Crippen LogP contribution in [0.5, 0.6) is 0 Å². The third-order valence-corrected chi connectivity index (χ3v) is 11.3. The van der Waals surface area contributed by atoms with Crippen LogP contribution < -0.4 is 0 Å². The van der Waals surface area contributed by atoms with Crippen molar-refractivity contribution >= 4 is 54.4 Å².